The third-order valence-corrected chi connectivity index (χ3v) is 6.73. The van der Waals surface area contributed by atoms with E-state index in [0.717, 1.165) is 5.56 Å². The highest BCUT2D eigenvalue weighted by molar-refractivity contribution is 6.00. The van der Waals surface area contributed by atoms with Crippen LogP contribution >= 0.6 is 0 Å². The van der Waals surface area contributed by atoms with Gasteiger partial charge in [-0.05, 0) is 72.8 Å². The van der Waals surface area contributed by atoms with Gasteiger partial charge in [0.2, 0.25) is 5.91 Å². The molecule has 1 fully saturated rings. The molecule has 3 N–H and O–H groups in total. The van der Waals surface area contributed by atoms with Gasteiger partial charge >= 0.3 is 6.03 Å². The molecule has 0 aliphatic carbocycles. The summed E-state index contributed by atoms with van der Waals surface area (Å²) in [5, 5.41) is 8.85. The average molecular weight is 567 g/mol. The lowest BCUT2D eigenvalue weighted by molar-refractivity contribution is -0.114. The number of furan rings is 1. The minimum absolute atomic E-state index is 0.171. The van der Waals surface area contributed by atoms with E-state index in [1.54, 1.807) is 54.6 Å². The quantitative estimate of drug-likeness (QED) is 0.226. The Morgan fingerprint density at radius 1 is 0.857 bits per heavy atom. The Bertz CT molecular complexity index is 1730. The molecule has 5 aromatic rings. The summed E-state index contributed by atoms with van der Waals surface area (Å²) in [5.74, 6) is 0.932. The lowest BCUT2D eigenvalue weighted by atomic mass is 10.1. The van der Waals surface area contributed by atoms with Crippen molar-refractivity contribution in [1.29, 1.82) is 0 Å². The van der Waals surface area contributed by atoms with Crippen molar-refractivity contribution in [3.05, 3.63) is 84.9 Å². The lowest BCUT2D eigenvalue weighted by Gasteiger charge is -2.29. The number of nitrogens with zero attached hydrogens (tertiary/aromatic N) is 3. The highest BCUT2D eigenvalue weighted by Gasteiger charge is 2.21. The minimum Gasteiger partial charge on any atom is -0.464 e. The van der Waals surface area contributed by atoms with Crippen molar-refractivity contribution in [2.45, 2.75) is 6.92 Å². The summed E-state index contributed by atoms with van der Waals surface area (Å²) >= 11 is 0. The molecule has 3 aromatic carbocycles. The highest BCUT2D eigenvalue weighted by atomic mass is 19.1. The number of halogens is 1. The van der Waals surface area contributed by atoms with Gasteiger partial charge in [0.15, 0.2) is 5.82 Å². The first-order chi connectivity index (χ1) is 20.4. The predicted molar refractivity (Wildman–Crippen MR) is 159 cm³/mol. The summed E-state index contributed by atoms with van der Waals surface area (Å²) in [4.78, 5) is 35.4. The number of amides is 3. The van der Waals surface area contributed by atoms with E-state index in [-0.39, 0.29) is 5.91 Å². The van der Waals surface area contributed by atoms with Crippen molar-refractivity contribution < 1.29 is 23.1 Å². The Morgan fingerprint density at radius 2 is 1.50 bits per heavy atom. The maximum Gasteiger partial charge on any atom is 0.323 e. The topological polar surface area (TPSA) is 122 Å². The summed E-state index contributed by atoms with van der Waals surface area (Å²) in [5.41, 5.74) is 3.42. The van der Waals surface area contributed by atoms with Crippen molar-refractivity contribution in [2.75, 3.05) is 47.2 Å². The van der Waals surface area contributed by atoms with E-state index in [1.807, 2.05) is 12.1 Å². The van der Waals surface area contributed by atoms with E-state index >= 15 is 4.39 Å². The van der Waals surface area contributed by atoms with Gasteiger partial charge in [-0.15, -0.1) is 0 Å². The fourth-order valence-electron chi connectivity index (χ4n) is 4.74. The van der Waals surface area contributed by atoms with Crippen LogP contribution in [0.1, 0.15) is 6.92 Å². The first-order valence-electron chi connectivity index (χ1n) is 13.4. The fourth-order valence-corrected chi connectivity index (χ4v) is 4.74. The summed E-state index contributed by atoms with van der Waals surface area (Å²) in [6.45, 7) is 3.78. The van der Waals surface area contributed by atoms with Gasteiger partial charge in [-0.1, -0.05) is 0 Å². The minimum atomic E-state index is -0.418. The molecule has 11 heteroatoms. The van der Waals surface area contributed by atoms with E-state index in [4.69, 9.17) is 19.1 Å². The molecule has 212 valence electrons. The van der Waals surface area contributed by atoms with Crippen LogP contribution in [0.5, 0.6) is 0 Å². The Labute approximate surface area is 240 Å². The number of ether oxygens (including phenoxy) is 1. The van der Waals surface area contributed by atoms with Gasteiger partial charge in [-0.25, -0.2) is 19.2 Å². The van der Waals surface area contributed by atoms with Crippen molar-refractivity contribution in [1.82, 2.24) is 9.97 Å². The number of carbonyl (C=O) groups excluding carboxylic acids is 2. The molecule has 3 heterocycles. The molecule has 1 aliphatic rings. The van der Waals surface area contributed by atoms with Crippen molar-refractivity contribution in [2.24, 2.45) is 0 Å². The highest BCUT2D eigenvalue weighted by Crippen LogP contribution is 2.34. The molecule has 10 nitrogen and oxygen atoms in total. The molecule has 1 saturated heterocycles. The Hall–Kier alpha value is -5.29. The third kappa shape index (κ3) is 5.91. The first-order valence-corrected chi connectivity index (χ1v) is 13.4. The van der Waals surface area contributed by atoms with Crippen molar-refractivity contribution in [3.63, 3.8) is 0 Å². The number of benzene rings is 3. The maximum absolute atomic E-state index is 15.2. The monoisotopic (exact) mass is 566 g/mol. The zero-order chi connectivity index (χ0) is 29.1. The van der Waals surface area contributed by atoms with E-state index in [1.165, 1.54) is 19.3 Å². The molecular weight excluding hydrogens is 539 g/mol. The summed E-state index contributed by atoms with van der Waals surface area (Å²) in [6.07, 6.45) is 1.50. The van der Waals surface area contributed by atoms with Gasteiger partial charge in [0, 0.05) is 48.0 Å². The SMILES string of the molecule is CC(=O)Nc1ccc(NC(=O)Nc2ccc(-c3nc(N4CCOCC4)c4cc(F)c(-c5ccco5)cc4n3)cc2)cc1. The number of fused-ring (bicyclic) bond motifs is 1. The number of morpholine rings is 1. The predicted octanol–water partition coefficient (Wildman–Crippen LogP) is 6.13. The molecule has 1 aliphatic heterocycles. The van der Waals surface area contributed by atoms with Crippen LogP contribution in [-0.4, -0.2) is 48.2 Å². The molecule has 0 radical (unpaired) electrons. The molecule has 0 atom stereocenters. The molecule has 0 spiro atoms. The largest absolute Gasteiger partial charge is 0.464 e. The van der Waals surface area contributed by atoms with Crippen LogP contribution in [0.15, 0.2) is 83.5 Å². The van der Waals surface area contributed by atoms with E-state index in [0.29, 0.717) is 77.2 Å². The number of hydrogen-bond acceptors (Lipinski definition) is 7. The number of hydrogen-bond donors (Lipinski definition) is 3. The molecule has 0 bridgehead atoms. The molecule has 3 amide bonds. The van der Waals surface area contributed by atoms with Gasteiger partial charge < -0.3 is 30.0 Å². The van der Waals surface area contributed by atoms with Crippen LogP contribution in [0.3, 0.4) is 0 Å². The fraction of sp³-hybridized carbons (Fsp3) is 0.161. The number of anilines is 4. The zero-order valence-corrected chi connectivity index (χ0v) is 22.7. The van der Waals surface area contributed by atoms with Crippen LogP contribution in [0, 0.1) is 5.82 Å². The van der Waals surface area contributed by atoms with Crippen LogP contribution in [0.2, 0.25) is 0 Å². The molecule has 42 heavy (non-hydrogen) atoms. The van der Waals surface area contributed by atoms with Crippen LogP contribution in [-0.2, 0) is 9.53 Å². The standard InChI is InChI=1S/C31H27FN6O4/c1-19(39)33-21-8-10-23(11-9-21)35-31(40)34-22-6-4-20(5-7-22)29-36-27-18-24(28-3-2-14-42-28)26(32)17-25(27)30(37-29)38-12-15-41-16-13-38/h2-11,14,17-18H,12-13,15-16H2,1H3,(H,33,39)(H2,34,35,40). The third-order valence-electron chi connectivity index (χ3n) is 6.73. The molecule has 0 saturated carbocycles. The molecule has 6 rings (SSSR count). The first kappa shape index (κ1) is 26.9. The van der Waals surface area contributed by atoms with Gasteiger partial charge in [-0.2, -0.15) is 0 Å². The second-order valence-corrected chi connectivity index (χ2v) is 9.71. The number of urea groups is 1. The normalized spacial score (nSPS) is 13.1. The van der Waals surface area contributed by atoms with Crippen molar-refractivity contribution in [3.8, 4) is 22.7 Å². The number of aromatic nitrogens is 2. The van der Waals surface area contributed by atoms with E-state index < -0.39 is 11.8 Å². The number of rotatable bonds is 6. The summed E-state index contributed by atoms with van der Waals surface area (Å²) in [7, 11) is 0. The van der Waals surface area contributed by atoms with Gasteiger partial charge in [0.05, 0.1) is 30.6 Å². The van der Waals surface area contributed by atoms with E-state index in [9.17, 15) is 9.59 Å². The van der Waals surface area contributed by atoms with Gasteiger partial charge in [0.25, 0.3) is 0 Å². The smallest absolute Gasteiger partial charge is 0.323 e. The number of nitrogens with one attached hydrogen (secondary N) is 3. The Kier molecular flexibility index (Phi) is 7.48. The summed E-state index contributed by atoms with van der Waals surface area (Å²) in [6, 6.07) is 20.1. The van der Waals surface area contributed by atoms with Crippen LogP contribution in [0.4, 0.5) is 32.1 Å². The molecule has 0 unspecified atom stereocenters. The second kappa shape index (κ2) is 11.7. The maximum atomic E-state index is 15.2. The average Bonchev–Trinajstić information content (AvgIpc) is 3.53. The second-order valence-electron chi connectivity index (χ2n) is 9.71. The van der Waals surface area contributed by atoms with Crippen LogP contribution in [0.25, 0.3) is 33.6 Å². The molecular formula is C31H27FN6O4. The van der Waals surface area contributed by atoms with Gasteiger partial charge in [0.1, 0.15) is 17.4 Å². The zero-order valence-electron chi connectivity index (χ0n) is 22.7. The van der Waals surface area contributed by atoms with E-state index in [2.05, 4.69) is 20.9 Å². The van der Waals surface area contributed by atoms with Crippen molar-refractivity contribution >= 4 is 45.7 Å². The lowest BCUT2D eigenvalue weighted by Crippen LogP contribution is -2.37. The Balaban J connectivity index is 1.25. The van der Waals surface area contributed by atoms with Gasteiger partial charge in [-0.3, -0.25) is 4.79 Å². The number of carbonyl (C=O) groups is 2. The van der Waals surface area contributed by atoms with Crippen LogP contribution < -0.4 is 20.9 Å². The summed E-state index contributed by atoms with van der Waals surface area (Å²) < 4.78 is 26.2. The molecule has 2 aromatic heterocycles. The Morgan fingerprint density at radius 3 is 2.12 bits per heavy atom.